The van der Waals surface area contributed by atoms with Crippen LogP contribution in [0.3, 0.4) is 0 Å². The van der Waals surface area contributed by atoms with E-state index in [-0.39, 0.29) is 39.3 Å². The number of allylic oxidation sites excluding steroid dienone is 1. The van der Waals surface area contributed by atoms with Crippen molar-refractivity contribution in [2.75, 3.05) is 0 Å². The van der Waals surface area contributed by atoms with Gasteiger partial charge in [-0.15, -0.1) is 0 Å². The largest absolute Gasteiger partial charge is 0.452 e. The summed E-state index contributed by atoms with van der Waals surface area (Å²) in [4.78, 5) is 35.2. The summed E-state index contributed by atoms with van der Waals surface area (Å²) < 4.78 is 10.9. The van der Waals surface area contributed by atoms with Gasteiger partial charge in [-0.05, 0) is 35.9 Å². The Balaban J connectivity index is 1.57. The molecule has 1 aliphatic rings. The third kappa shape index (κ3) is 4.14. The molecule has 0 saturated heterocycles. The number of nitrogens with zero attached hydrogens (tertiary/aromatic N) is 1. The standard InChI is InChI=1S/C22H11Cl2NO6/c23-17-6-2-3-12(20(17)24)10-19-21(26)16-8-7-15(11-18(16)31-19)30-22(27)13-4-1-5-14(9-13)25(28)29/h1-11H. The number of hydrogen-bond donors (Lipinski definition) is 0. The van der Waals surface area contributed by atoms with Gasteiger partial charge in [-0.1, -0.05) is 41.4 Å². The van der Waals surface area contributed by atoms with E-state index >= 15 is 0 Å². The summed E-state index contributed by atoms with van der Waals surface area (Å²) in [6, 6.07) is 14.5. The molecule has 0 atom stereocenters. The zero-order valence-electron chi connectivity index (χ0n) is 15.5. The van der Waals surface area contributed by atoms with E-state index in [1.165, 1.54) is 42.5 Å². The summed E-state index contributed by atoms with van der Waals surface area (Å²) >= 11 is 12.2. The first kappa shape index (κ1) is 20.6. The molecule has 3 aromatic carbocycles. The van der Waals surface area contributed by atoms with Crippen LogP contribution < -0.4 is 9.47 Å². The van der Waals surface area contributed by atoms with Crippen molar-refractivity contribution in [2.45, 2.75) is 0 Å². The monoisotopic (exact) mass is 455 g/mol. The molecule has 1 aliphatic heterocycles. The number of benzene rings is 3. The number of halogens is 2. The van der Waals surface area contributed by atoms with Gasteiger partial charge in [0.25, 0.3) is 5.69 Å². The lowest BCUT2D eigenvalue weighted by Gasteiger charge is -2.06. The number of nitro groups is 1. The van der Waals surface area contributed by atoms with E-state index in [9.17, 15) is 19.7 Å². The van der Waals surface area contributed by atoms with Gasteiger partial charge >= 0.3 is 5.97 Å². The van der Waals surface area contributed by atoms with Crippen LogP contribution in [0.4, 0.5) is 5.69 Å². The Kier molecular flexibility index (Phi) is 5.46. The van der Waals surface area contributed by atoms with E-state index in [2.05, 4.69) is 0 Å². The smallest absolute Gasteiger partial charge is 0.343 e. The first-order chi connectivity index (χ1) is 14.8. The summed E-state index contributed by atoms with van der Waals surface area (Å²) in [5.74, 6) is -0.776. The zero-order valence-corrected chi connectivity index (χ0v) is 17.0. The highest BCUT2D eigenvalue weighted by molar-refractivity contribution is 6.43. The molecular weight excluding hydrogens is 445 g/mol. The van der Waals surface area contributed by atoms with E-state index in [0.29, 0.717) is 16.1 Å². The van der Waals surface area contributed by atoms with E-state index in [1.54, 1.807) is 18.2 Å². The molecule has 0 amide bonds. The van der Waals surface area contributed by atoms with Gasteiger partial charge in [0.1, 0.15) is 11.5 Å². The maximum atomic E-state index is 12.6. The molecule has 1 heterocycles. The Morgan fingerprint density at radius 2 is 1.84 bits per heavy atom. The highest BCUT2D eigenvalue weighted by Crippen LogP contribution is 2.36. The Hall–Kier alpha value is -3.68. The van der Waals surface area contributed by atoms with Crippen molar-refractivity contribution in [1.29, 1.82) is 0 Å². The molecule has 154 valence electrons. The van der Waals surface area contributed by atoms with E-state index < -0.39 is 10.9 Å². The van der Waals surface area contributed by atoms with Gasteiger partial charge < -0.3 is 9.47 Å². The highest BCUT2D eigenvalue weighted by Gasteiger charge is 2.28. The minimum Gasteiger partial charge on any atom is -0.452 e. The molecule has 0 aromatic heterocycles. The second kappa shape index (κ2) is 8.22. The van der Waals surface area contributed by atoms with Crippen LogP contribution in [0.2, 0.25) is 10.0 Å². The fraction of sp³-hybridized carbons (Fsp3) is 0. The first-order valence-electron chi connectivity index (χ1n) is 8.82. The SMILES string of the molecule is O=C(Oc1ccc2c(c1)OC(=Cc1cccc(Cl)c1Cl)C2=O)c1cccc([N+](=O)[O-])c1. The summed E-state index contributed by atoms with van der Waals surface area (Å²) in [6.07, 6.45) is 1.48. The fourth-order valence-electron chi connectivity index (χ4n) is 2.92. The number of ether oxygens (including phenoxy) is 2. The van der Waals surface area contributed by atoms with E-state index in [4.69, 9.17) is 32.7 Å². The summed E-state index contributed by atoms with van der Waals surface area (Å²) in [5.41, 5.74) is 0.594. The van der Waals surface area contributed by atoms with E-state index in [0.717, 1.165) is 6.07 Å². The minimum atomic E-state index is -0.783. The second-order valence-corrected chi connectivity index (χ2v) is 7.22. The lowest BCUT2D eigenvalue weighted by Crippen LogP contribution is -2.08. The Bertz CT molecular complexity index is 1280. The Morgan fingerprint density at radius 1 is 1.06 bits per heavy atom. The number of nitro benzene ring substituents is 1. The maximum absolute atomic E-state index is 12.6. The molecule has 0 bridgehead atoms. The number of Topliss-reactive ketones (excluding diaryl/α,β-unsaturated/α-hetero) is 1. The van der Waals surface area contributed by atoms with Crippen LogP contribution >= 0.6 is 23.2 Å². The third-order valence-corrected chi connectivity index (χ3v) is 5.25. The van der Waals surface area contributed by atoms with Crippen molar-refractivity contribution in [2.24, 2.45) is 0 Å². The molecule has 3 aromatic rings. The average molecular weight is 456 g/mol. The van der Waals surface area contributed by atoms with Crippen LogP contribution in [0.5, 0.6) is 11.5 Å². The summed E-state index contributed by atoms with van der Waals surface area (Å²) in [7, 11) is 0. The van der Waals surface area contributed by atoms with Crippen LogP contribution in [0.25, 0.3) is 6.08 Å². The van der Waals surface area contributed by atoms with Crippen LogP contribution in [0, 0.1) is 10.1 Å². The summed E-state index contributed by atoms with van der Waals surface area (Å²) in [5, 5.41) is 11.5. The number of non-ortho nitro benzene ring substituents is 1. The number of hydrogen-bond acceptors (Lipinski definition) is 6. The topological polar surface area (TPSA) is 95.7 Å². The van der Waals surface area contributed by atoms with Crippen molar-refractivity contribution in [3.63, 3.8) is 0 Å². The molecule has 0 spiro atoms. The molecule has 0 unspecified atom stereocenters. The van der Waals surface area contributed by atoms with E-state index in [1.807, 2.05) is 0 Å². The lowest BCUT2D eigenvalue weighted by atomic mass is 10.1. The highest BCUT2D eigenvalue weighted by atomic mass is 35.5. The van der Waals surface area contributed by atoms with Gasteiger partial charge in [0, 0.05) is 18.2 Å². The van der Waals surface area contributed by atoms with Gasteiger partial charge in [-0.25, -0.2) is 4.79 Å². The zero-order chi connectivity index (χ0) is 22.1. The maximum Gasteiger partial charge on any atom is 0.343 e. The number of carbonyl (C=O) groups is 2. The van der Waals surface area contributed by atoms with Crippen molar-refractivity contribution in [1.82, 2.24) is 0 Å². The fourth-order valence-corrected chi connectivity index (χ4v) is 3.28. The second-order valence-electron chi connectivity index (χ2n) is 6.44. The van der Waals surface area contributed by atoms with Crippen molar-refractivity contribution in [3.8, 4) is 11.5 Å². The molecule has 0 fully saturated rings. The number of fused-ring (bicyclic) bond motifs is 1. The molecule has 9 heteroatoms. The average Bonchev–Trinajstić information content (AvgIpc) is 3.06. The van der Waals surface area contributed by atoms with Crippen LogP contribution in [-0.2, 0) is 0 Å². The molecule has 4 rings (SSSR count). The third-order valence-electron chi connectivity index (χ3n) is 4.41. The first-order valence-corrected chi connectivity index (χ1v) is 9.58. The normalized spacial score (nSPS) is 13.6. The number of carbonyl (C=O) groups excluding carboxylic acids is 2. The van der Waals surface area contributed by atoms with Crippen LogP contribution in [-0.4, -0.2) is 16.7 Å². The van der Waals surface area contributed by atoms with Crippen LogP contribution in [0.15, 0.2) is 66.4 Å². The summed E-state index contributed by atoms with van der Waals surface area (Å²) in [6.45, 7) is 0. The van der Waals surface area contributed by atoms with Gasteiger partial charge in [-0.3, -0.25) is 14.9 Å². The van der Waals surface area contributed by atoms with Crippen LogP contribution in [0.1, 0.15) is 26.3 Å². The number of esters is 1. The molecule has 0 N–H and O–H groups in total. The quantitative estimate of drug-likeness (QED) is 0.163. The van der Waals surface area contributed by atoms with Gasteiger partial charge in [-0.2, -0.15) is 0 Å². The van der Waals surface area contributed by atoms with Crippen molar-refractivity contribution >= 4 is 46.7 Å². The van der Waals surface area contributed by atoms with Crippen molar-refractivity contribution in [3.05, 3.63) is 103 Å². The van der Waals surface area contributed by atoms with Gasteiger partial charge in [0.2, 0.25) is 5.78 Å². The van der Waals surface area contributed by atoms with Gasteiger partial charge in [0.05, 0.1) is 26.1 Å². The lowest BCUT2D eigenvalue weighted by molar-refractivity contribution is -0.384. The molecule has 0 saturated carbocycles. The number of rotatable bonds is 4. The number of ketones is 1. The molecule has 0 aliphatic carbocycles. The minimum absolute atomic E-state index is 0.0166. The predicted octanol–water partition coefficient (Wildman–Crippen LogP) is 5.74. The van der Waals surface area contributed by atoms with Gasteiger partial charge in [0.15, 0.2) is 5.76 Å². The molecule has 0 radical (unpaired) electrons. The Labute approximate surface area is 185 Å². The predicted molar refractivity (Wildman–Crippen MR) is 114 cm³/mol. The molecule has 31 heavy (non-hydrogen) atoms. The molecular formula is C22H11Cl2NO6. The van der Waals surface area contributed by atoms with Crippen molar-refractivity contribution < 1.29 is 24.0 Å². The molecule has 7 nitrogen and oxygen atoms in total. The Morgan fingerprint density at radius 3 is 2.61 bits per heavy atom.